The number of carbonyl (C=O) groups excluding carboxylic acids is 1. The molecule has 0 bridgehead atoms. The maximum absolute atomic E-state index is 11.7. The first kappa shape index (κ1) is 12.9. The van der Waals surface area contributed by atoms with Crippen molar-refractivity contribution in [3.05, 3.63) is 35.5 Å². The first-order chi connectivity index (χ1) is 10.1. The van der Waals surface area contributed by atoms with Gasteiger partial charge in [0.2, 0.25) is 5.91 Å². The molecule has 2 N–H and O–H groups in total. The van der Waals surface area contributed by atoms with Gasteiger partial charge in [0.1, 0.15) is 0 Å². The Bertz CT molecular complexity index is 733. The zero-order valence-corrected chi connectivity index (χ0v) is 12.5. The molecule has 0 unspecified atom stereocenters. The van der Waals surface area contributed by atoms with Crippen LogP contribution in [0.3, 0.4) is 0 Å². The minimum Gasteiger partial charge on any atom is -0.369 e. The summed E-state index contributed by atoms with van der Waals surface area (Å²) in [4.78, 5) is 14.0. The minimum atomic E-state index is -0.161. The van der Waals surface area contributed by atoms with Gasteiger partial charge in [-0.3, -0.25) is 4.79 Å². The van der Waals surface area contributed by atoms with Crippen molar-refractivity contribution < 1.29 is 4.79 Å². The number of rotatable bonds is 1. The van der Waals surface area contributed by atoms with Gasteiger partial charge in [-0.05, 0) is 37.1 Å². The lowest BCUT2D eigenvalue weighted by Gasteiger charge is -2.44. The van der Waals surface area contributed by atoms with Crippen molar-refractivity contribution in [3.8, 4) is 0 Å². The Labute approximate surface area is 124 Å². The molecule has 2 heterocycles. The zero-order valence-electron chi connectivity index (χ0n) is 12.5. The number of hydrogen-bond donors (Lipinski definition) is 1. The average molecular weight is 283 g/mol. The van der Waals surface area contributed by atoms with Gasteiger partial charge in [-0.15, -0.1) is 0 Å². The highest BCUT2D eigenvalue weighted by atomic mass is 16.1. The van der Waals surface area contributed by atoms with Crippen LogP contribution in [0, 0.1) is 5.92 Å². The average Bonchev–Trinajstić information content (AvgIpc) is 2.78. The van der Waals surface area contributed by atoms with E-state index in [1.807, 2.05) is 0 Å². The van der Waals surface area contributed by atoms with Gasteiger partial charge in [-0.25, -0.2) is 0 Å². The Hall–Kier alpha value is -1.81. The summed E-state index contributed by atoms with van der Waals surface area (Å²) >= 11 is 0. The Kier molecular flexibility index (Phi) is 2.67. The normalized spacial score (nSPS) is 28.6. The monoisotopic (exact) mass is 283 g/mol. The molecule has 1 aliphatic carbocycles. The predicted octanol–water partition coefficient (Wildman–Crippen LogP) is 1.62. The molecule has 3 atom stereocenters. The lowest BCUT2D eigenvalue weighted by atomic mass is 9.72. The molecular weight excluding hydrogens is 262 g/mol. The molecule has 21 heavy (non-hydrogen) atoms. The molecular formula is C17H21N3O. The minimum absolute atomic E-state index is 0.0308. The smallest absolute Gasteiger partial charge is 0.221 e. The second-order valence-corrected chi connectivity index (χ2v) is 6.66. The molecule has 4 heteroatoms. The third-order valence-electron chi connectivity index (χ3n) is 5.43. The van der Waals surface area contributed by atoms with Crippen molar-refractivity contribution >= 4 is 16.8 Å². The maximum Gasteiger partial charge on any atom is 0.221 e. The fourth-order valence-corrected chi connectivity index (χ4v) is 4.43. The van der Waals surface area contributed by atoms with E-state index < -0.39 is 0 Å². The van der Waals surface area contributed by atoms with Crippen LogP contribution in [0.2, 0.25) is 0 Å². The van der Waals surface area contributed by atoms with Crippen LogP contribution in [0.4, 0.5) is 0 Å². The number of carbonyl (C=O) groups is 1. The molecule has 1 fully saturated rings. The highest BCUT2D eigenvalue weighted by molar-refractivity contribution is 5.89. The van der Waals surface area contributed by atoms with Gasteiger partial charge >= 0.3 is 0 Å². The quantitative estimate of drug-likeness (QED) is 0.864. The molecule has 2 aromatic rings. The van der Waals surface area contributed by atoms with E-state index in [1.165, 1.54) is 22.0 Å². The van der Waals surface area contributed by atoms with E-state index in [2.05, 4.69) is 48.0 Å². The topological polar surface area (TPSA) is 51.3 Å². The fraction of sp³-hybridized carbons (Fsp3) is 0.471. The van der Waals surface area contributed by atoms with E-state index in [9.17, 15) is 4.79 Å². The van der Waals surface area contributed by atoms with Crippen LogP contribution in [-0.2, 0) is 18.3 Å². The Morgan fingerprint density at radius 2 is 2.14 bits per heavy atom. The standard InChI is InChI=1S/C17H21N3O/c1-19-8-10-7-15-13(6-11(17(18)21)9-20(15)2)12-4-3-5-14(19)16(10)12/h3-5,8,11,13,15H,6-7,9H2,1-2H3,(H2,18,21)/t11-,13+,15+/m0/s1. The number of aryl methyl sites for hydroxylation is 1. The number of likely N-dealkylation sites (N-methyl/N-ethyl adjacent to an activating group) is 1. The number of piperidine rings is 1. The van der Waals surface area contributed by atoms with Crippen LogP contribution in [0.5, 0.6) is 0 Å². The molecule has 0 saturated carbocycles. The van der Waals surface area contributed by atoms with E-state index in [0.29, 0.717) is 12.0 Å². The van der Waals surface area contributed by atoms with Gasteiger partial charge in [-0.1, -0.05) is 12.1 Å². The Balaban J connectivity index is 1.87. The molecule has 1 aromatic carbocycles. The van der Waals surface area contributed by atoms with Gasteiger partial charge < -0.3 is 15.2 Å². The summed E-state index contributed by atoms with van der Waals surface area (Å²) in [5.41, 5.74) is 9.71. The summed E-state index contributed by atoms with van der Waals surface area (Å²) in [6.45, 7) is 0.786. The lowest BCUT2D eigenvalue weighted by molar-refractivity contribution is -0.124. The van der Waals surface area contributed by atoms with Gasteiger partial charge in [0.05, 0.1) is 5.92 Å². The number of nitrogens with zero attached hydrogens (tertiary/aromatic N) is 2. The third kappa shape index (κ3) is 1.75. The summed E-state index contributed by atoms with van der Waals surface area (Å²) in [5.74, 6) is 0.225. The van der Waals surface area contributed by atoms with Crippen LogP contribution in [0.1, 0.15) is 23.5 Å². The summed E-state index contributed by atoms with van der Waals surface area (Å²) in [6, 6.07) is 7.04. The lowest BCUT2D eigenvalue weighted by Crippen LogP contribution is -2.50. The number of nitrogens with two attached hydrogens (primary N) is 1. The molecule has 4 nitrogen and oxygen atoms in total. The van der Waals surface area contributed by atoms with Gasteiger partial charge in [-0.2, -0.15) is 0 Å². The van der Waals surface area contributed by atoms with Crippen LogP contribution < -0.4 is 5.73 Å². The van der Waals surface area contributed by atoms with E-state index in [4.69, 9.17) is 5.73 Å². The Morgan fingerprint density at radius 3 is 2.90 bits per heavy atom. The van der Waals surface area contributed by atoms with Gasteiger partial charge in [0, 0.05) is 42.7 Å². The van der Waals surface area contributed by atoms with Crippen molar-refractivity contribution in [2.75, 3.05) is 13.6 Å². The number of benzene rings is 1. The van der Waals surface area contributed by atoms with Crippen LogP contribution in [0.15, 0.2) is 24.4 Å². The summed E-state index contributed by atoms with van der Waals surface area (Å²) in [6.07, 6.45) is 4.22. The summed E-state index contributed by atoms with van der Waals surface area (Å²) in [7, 11) is 4.24. The van der Waals surface area contributed by atoms with Crippen molar-refractivity contribution in [1.29, 1.82) is 0 Å². The molecule has 1 aromatic heterocycles. The maximum atomic E-state index is 11.7. The van der Waals surface area contributed by atoms with E-state index in [0.717, 1.165) is 19.4 Å². The molecule has 110 valence electrons. The third-order valence-corrected chi connectivity index (χ3v) is 5.43. The van der Waals surface area contributed by atoms with E-state index in [-0.39, 0.29) is 11.8 Å². The van der Waals surface area contributed by atoms with E-state index >= 15 is 0 Å². The summed E-state index contributed by atoms with van der Waals surface area (Å²) in [5, 5.41) is 1.40. The number of primary amides is 1. The molecule has 0 radical (unpaired) electrons. The zero-order chi connectivity index (χ0) is 14.7. The number of likely N-dealkylation sites (tertiary alicyclic amines) is 1. The van der Waals surface area contributed by atoms with Gasteiger partial charge in [0.15, 0.2) is 0 Å². The second-order valence-electron chi connectivity index (χ2n) is 6.66. The molecule has 0 spiro atoms. The number of fused-ring (bicyclic) bond motifs is 2. The molecule has 1 amide bonds. The highest BCUT2D eigenvalue weighted by Crippen LogP contribution is 2.44. The highest BCUT2D eigenvalue weighted by Gasteiger charge is 2.40. The van der Waals surface area contributed by atoms with E-state index in [1.54, 1.807) is 0 Å². The van der Waals surface area contributed by atoms with Crippen molar-refractivity contribution in [2.24, 2.45) is 18.7 Å². The molecule has 4 rings (SSSR count). The van der Waals surface area contributed by atoms with Crippen LogP contribution in [0.25, 0.3) is 10.9 Å². The predicted molar refractivity (Wildman–Crippen MR) is 83.1 cm³/mol. The Morgan fingerprint density at radius 1 is 1.33 bits per heavy atom. The molecule has 1 aliphatic heterocycles. The number of amides is 1. The summed E-state index contributed by atoms with van der Waals surface area (Å²) < 4.78 is 2.22. The van der Waals surface area contributed by atoms with Crippen LogP contribution >= 0.6 is 0 Å². The SMILES string of the molecule is CN1C[C@@H](C(N)=O)C[C@@H]2c3cccc4c3c(cn4C)C[C@H]21. The van der Waals surface area contributed by atoms with Crippen LogP contribution in [-0.4, -0.2) is 35.0 Å². The first-order valence-electron chi connectivity index (χ1n) is 7.62. The first-order valence-corrected chi connectivity index (χ1v) is 7.62. The van der Waals surface area contributed by atoms with Crippen molar-refractivity contribution in [3.63, 3.8) is 0 Å². The fourth-order valence-electron chi connectivity index (χ4n) is 4.43. The molecule has 1 saturated heterocycles. The van der Waals surface area contributed by atoms with Crippen molar-refractivity contribution in [1.82, 2.24) is 9.47 Å². The molecule has 2 aliphatic rings. The largest absolute Gasteiger partial charge is 0.369 e. The second kappa shape index (κ2) is 4.34. The van der Waals surface area contributed by atoms with Crippen molar-refractivity contribution in [2.45, 2.75) is 24.8 Å². The number of hydrogen-bond acceptors (Lipinski definition) is 2. The number of aromatic nitrogens is 1. The van der Waals surface area contributed by atoms with Gasteiger partial charge in [0.25, 0.3) is 0 Å².